The van der Waals surface area contributed by atoms with Gasteiger partial charge >= 0.3 is 0 Å². The Morgan fingerprint density at radius 2 is 2.13 bits per heavy atom. The van der Waals surface area contributed by atoms with Crippen LogP contribution in [0, 0.1) is 12.3 Å². The Morgan fingerprint density at radius 1 is 1.35 bits per heavy atom. The summed E-state index contributed by atoms with van der Waals surface area (Å²) in [5.74, 6) is 0.302. The lowest BCUT2D eigenvalue weighted by atomic mass is 9.77. The van der Waals surface area contributed by atoms with Gasteiger partial charge in [-0.05, 0) is 49.9 Å². The van der Waals surface area contributed by atoms with Crippen molar-refractivity contribution >= 4 is 5.91 Å². The van der Waals surface area contributed by atoms with Crippen LogP contribution in [0.25, 0.3) is 0 Å². The maximum atomic E-state index is 12.2. The minimum atomic E-state index is 0.195. The first-order valence-corrected chi connectivity index (χ1v) is 8.51. The van der Waals surface area contributed by atoms with Gasteiger partial charge in [0, 0.05) is 39.4 Å². The molecule has 3 heterocycles. The molecule has 1 amide bonds. The Bertz CT molecular complexity index is 553. The molecule has 0 aliphatic carbocycles. The maximum Gasteiger partial charge on any atom is 0.223 e. The topological polar surface area (TPSA) is 45.7 Å². The molecule has 2 saturated heterocycles. The SMILES string of the molecule is COCCN1CC2(CCN(Cc3ncccc3C)CC2)CC1=O. The van der Waals surface area contributed by atoms with Crippen molar-refractivity contribution in [1.82, 2.24) is 14.8 Å². The fourth-order valence-electron chi connectivity index (χ4n) is 3.80. The number of aromatic nitrogens is 1. The minimum Gasteiger partial charge on any atom is -0.383 e. The zero-order chi connectivity index (χ0) is 16.3. The number of carbonyl (C=O) groups excluding carboxylic acids is 1. The van der Waals surface area contributed by atoms with Crippen LogP contribution < -0.4 is 0 Å². The molecule has 5 nitrogen and oxygen atoms in total. The molecule has 0 N–H and O–H groups in total. The van der Waals surface area contributed by atoms with Crippen LogP contribution in [-0.4, -0.2) is 60.6 Å². The fourth-order valence-corrected chi connectivity index (χ4v) is 3.80. The monoisotopic (exact) mass is 317 g/mol. The molecule has 2 fully saturated rings. The number of aryl methyl sites for hydroxylation is 1. The van der Waals surface area contributed by atoms with Gasteiger partial charge in [-0.1, -0.05) is 6.07 Å². The van der Waals surface area contributed by atoms with Crippen LogP contribution in [0.4, 0.5) is 0 Å². The molecular formula is C18H27N3O2. The third-order valence-corrected chi connectivity index (χ3v) is 5.38. The largest absolute Gasteiger partial charge is 0.383 e. The number of hydrogen-bond acceptors (Lipinski definition) is 4. The lowest BCUT2D eigenvalue weighted by molar-refractivity contribution is -0.128. The molecule has 2 aliphatic rings. The molecule has 1 spiro atoms. The van der Waals surface area contributed by atoms with E-state index in [-0.39, 0.29) is 5.41 Å². The number of nitrogens with zero attached hydrogens (tertiary/aromatic N) is 3. The summed E-state index contributed by atoms with van der Waals surface area (Å²) in [6.07, 6.45) is 4.80. The van der Waals surface area contributed by atoms with E-state index in [1.54, 1.807) is 7.11 Å². The predicted molar refractivity (Wildman–Crippen MR) is 89.0 cm³/mol. The van der Waals surface area contributed by atoms with Crippen LogP contribution in [0.5, 0.6) is 0 Å². The van der Waals surface area contributed by atoms with Gasteiger partial charge in [-0.3, -0.25) is 14.7 Å². The average Bonchev–Trinajstić information content (AvgIpc) is 2.85. The van der Waals surface area contributed by atoms with Crippen molar-refractivity contribution in [2.75, 3.05) is 39.9 Å². The summed E-state index contributed by atoms with van der Waals surface area (Å²) in [7, 11) is 1.69. The van der Waals surface area contributed by atoms with Crippen LogP contribution >= 0.6 is 0 Å². The number of rotatable bonds is 5. The van der Waals surface area contributed by atoms with Gasteiger partial charge in [0.25, 0.3) is 0 Å². The highest BCUT2D eigenvalue weighted by atomic mass is 16.5. The maximum absolute atomic E-state index is 12.2. The summed E-state index contributed by atoms with van der Waals surface area (Å²) in [5.41, 5.74) is 2.63. The highest BCUT2D eigenvalue weighted by molar-refractivity contribution is 5.79. The number of carbonyl (C=O) groups is 1. The zero-order valence-electron chi connectivity index (χ0n) is 14.3. The number of hydrogen-bond donors (Lipinski definition) is 0. The Morgan fingerprint density at radius 3 is 2.83 bits per heavy atom. The highest BCUT2D eigenvalue weighted by Crippen LogP contribution is 2.41. The van der Waals surface area contributed by atoms with E-state index in [1.165, 1.54) is 11.3 Å². The van der Waals surface area contributed by atoms with Crippen LogP contribution in [0.2, 0.25) is 0 Å². The van der Waals surface area contributed by atoms with Crippen molar-refractivity contribution in [2.45, 2.75) is 32.7 Å². The second kappa shape index (κ2) is 6.97. The van der Waals surface area contributed by atoms with Gasteiger partial charge in [0.2, 0.25) is 5.91 Å². The second-order valence-corrected chi connectivity index (χ2v) is 7.03. The Labute approximate surface area is 138 Å². The normalized spacial score (nSPS) is 21.3. The van der Waals surface area contributed by atoms with E-state index in [0.29, 0.717) is 18.9 Å². The summed E-state index contributed by atoms with van der Waals surface area (Å²) in [4.78, 5) is 21.2. The molecule has 0 atom stereocenters. The molecule has 0 aromatic carbocycles. The molecule has 0 saturated carbocycles. The summed E-state index contributed by atoms with van der Waals surface area (Å²) in [6.45, 7) is 7.43. The first-order valence-electron chi connectivity index (χ1n) is 8.51. The van der Waals surface area contributed by atoms with Crippen molar-refractivity contribution in [3.63, 3.8) is 0 Å². The number of amides is 1. The molecular weight excluding hydrogens is 290 g/mol. The highest BCUT2D eigenvalue weighted by Gasteiger charge is 2.44. The van der Waals surface area contributed by atoms with E-state index in [0.717, 1.165) is 45.6 Å². The van der Waals surface area contributed by atoms with Gasteiger partial charge in [0.1, 0.15) is 0 Å². The summed E-state index contributed by atoms with van der Waals surface area (Å²) < 4.78 is 5.11. The van der Waals surface area contributed by atoms with Crippen molar-refractivity contribution < 1.29 is 9.53 Å². The van der Waals surface area contributed by atoms with Crippen molar-refractivity contribution in [3.05, 3.63) is 29.6 Å². The lowest BCUT2D eigenvalue weighted by Crippen LogP contribution is -2.41. The summed E-state index contributed by atoms with van der Waals surface area (Å²) >= 11 is 0. The molecule has 0 unspecified atom stereocenters. The second-order valence-electron chi connectivity index (χ2n) is 7.03. The molecule has 2 aliphatic heterocycles. The summed E-state index contributed by atoms with van der Waals surface area (Å²) in [6, 6.07) is 4.11. The molecule has 0 radical (unpaired) electrons. The van der Waals surface area contributed by atoms with Crippen LogP contribution in [0.3, 0.4) is 0 Å². The van der Waals surface area contributed by atoms with Crippen LogP contribution in [-0.2, 0) is 16.1 Å². The molecule has 3 rings (SSSR count). The Hall–Kier alpha value is -1.46. The third kappa shape index (κ3) is 3.72. The number of piperidine rings is 1. The van der Waals surface area contributed by atoms with E-state index < -0.39 is 0 Å². The number of methoxy groups -OCH3 is 1. The zero-order valence-corrected chi connectivity index (χ0v) is 14.3. The molecule has 1 aromatic rings. The smallest absolute Gasteiger partial charge is 0.223 e. The van der Waals surface area contributed by atoms with Crippen LogP contribution in [0.1, 0.15) is 30.5 Å². The molecule has 126 valence electrons. The van der Waals surface area contributed by atoms with E-state index in [9.17, 15) is 4.79 Å². The first-order chi connectivity index (χ1) is 11.1. The van der Waals surface area contributed by atoms with Crippen molar-refractivity contribution in [2.24, 2.45) is 5.41 Å². The quantitative estimate of drug-likeness (QED) is 0.831. The third-order valence-electron chi connectivity index (χ3n) is 5.38. The molecule has 23 heavy (non-hydrogen) atoms. The lowest BCUT2D eigenvalue weighted by Gasteiger charge is -2.38. The number of ether oxygens (including phenoxy) is 1. The van der Waals surface area contributed by atoms with E-state index in [2.05, 4.69) is 22.9 Å². The van der Waals surface area contributed by atoms with E-state index in [4.69, 9.17) is 4.74 Å². The van der Waals surface area contributed by atoms with E-state index in [1.807, 2.05) is 17.2 Å². The molecule has 5 heteroatoms. The van der Waals surface area contributed by atoms with Crippen molar-refractivity contribution in [3.8, 4) is 0 Å². The van der Waals surface area contributed by atoms with Gasteiger partial charge in [0.15, 0.2) is 0 Å². The average molecular weight is 317 g/mol. The van der Waals surface area contributed by atoms with Crippen LogP contribution in [0.15, 0.2) is 18.3 Å². The standard InChI is InChI=1S/C18H27N3O2/c1-15-4-3-7-19-16(15)13-20-8-5-18(6-9-20)12-17(22)21(14-18)10-11-23-2/h3-4,7H,5-6,8-14H2,1-2H3. The van der Waals surface area contributed by atoms with Crippen molar-refractivity contribution in [1.29, 1.82) is 0 Å². The molecule has 1 aromatic heterocycles. The van der Waals surface area contributed by atoms with Gasteiger partial charge in [-0.25, -0.2) is 0 Å². The van der Waals surface area contributed by atoms with Gasteiger partial charge in [0.05, 0.1) is 12.3 Å². The predicted octanol–water partition coefficient (Wildman–Crippen LogP) is 1.85. The fraction of sp³-hybridized carbons (Fsp3) is 0.667. The van der Waals surface area contributed by atoms with Gasteiger partial charge in [-0.15, -0.1) is 0 Å². The summed E-state index contributed by atoms with van der Waals surface area (Å²) in [5, 5.41) is 0. The minimum absolute atomic E-state index is 0.195. The van der Waals surface area contributed by atoms with Gasteiger partial charge in [-0.2, -0.15) is 0 Å². The Kier molecular flexibility index (Phi) is 4.97. The number of likely N-dealkylation sites (tertiary alicyclic amines) is 2. The number of pyridine rings is 1. The Balaban J connectivity index is 1.54. The van der Waals surface area contributed by atoms with Gasteiger partial charge < -0.3 is 9.64 Å². The first kappa shape index (κ1) is 16.4. The van der Waals surface area contributed by atoms with E-state index >= 15 is 0 Å². The molecule has 0 bridgehead atoms.